The summed E-state index contributed by atoms with van der Waals surface area (Å²) in [6.07, 6.45) is 0. The van der Waals surface area contributed by atoms with Gasteiger partial charge in [-0.15, -0.1) is 0 Å². The molecule has 2 aromatic rings. The molecule has 0 saturated carbocycles. The molecule has 0 radical (unpaired) electrons. The first kappa shape index (κ1) is 18.4. The van der Waals surface area contributed by atoms with E-state index < -0.39 is 8.25 Å². The monoisotopic (exact) mass is 295 g/mol. The first-order valence-corrected chi connectivity index (χ1v) is 6.99. The van der Waals surface area contributed by atoms with Gasteiger partial charge in [0, 0.05) is 0 Å². The number of quaternary nitrogens is 2. The molecule has 0 aromatic heterocycles. The maximum atomic E-state index is 8.48. The van der Waals surface area contributed by atoms with Crippen molar-refractivity contribution >= 4 is 19.6 Å². The lowest BCUT2D eigenvalue weighted by molar-refractivity contribution is -0.297. The molecule has 108 valence electrons. The Labute approximate surface area is 119 Å². The van der Waals surface area contributed by atoms with Gasteiger partial charge in [0.25, 0.3) is 8.25 Å². The molecule has 6 N–H and O–H groups in total. The predicted molar refractivity (Wildman–Crippen MR) is 75.1 cm³/mol. The van der Waals surface area contributed by atoms with Crippen molar-refractivity contribution in [3.63, 3.8) is 0 Å². The SMILES string of the molecule is Cc1ccc([NH3+])cc1.Cc1ccc([NH3+])cc1.O=[P+]([O-])[O-]. The molecule has 0 amide bonds. The third-order valence-corrected chi connectivity index (χ3v) is 2.24. The van der Waals surface area contributed by atoms with Crippen molar-refractivity contribution in [3.8, 4) is 0 Å². The Kier molecular flexibility index (Phi) is 9.38. The lowest BCUT2D eigenvalue weighted by atomic mass is 10.2. The summed E-state index contributed by atoms with van der Waals surface area (Å²) in [6.45, 7) is 4.14. The normalized spacial score (nSPS) is 8.70. The van der Waals surface area contributed by atoms with E-state index in [-0.39, 0.29) is 0 Å². The molecule has 0 fully saturated rings. The number of hydrogen-bond acceptors (Lipinski definition) is 3. The number of hydrogen-bond donors (Lipinski definition) is 2. The zero-order chi connectivity index (χ0) is 15.5. The van der Waals surface area contributed by atoms with Gasteiger partial charge in [-0.2, -0.15) is 0 Å². The molecule has 0 aliphatic carbocycles. The summed E-state index contributed by atoms with van der Waals surface area (Å²) >= 11 is 0. The molecule has 0 aliphatic heterocycles. The quantitative estimate of drug-likeness (QED) is 0.671. The second-order valence-electron chi connectivity index (χ2n) is 4.19. The second-order valence-corrected chi connectivity index (χ2v) is 4.64. The summed E-state index contributed by atoms with van der Waals surface area (Å²) in [5.74, 6) is 0. The van der Waals surface area contributed by atoms with Gasteiger partial charge in [0.05, 0.1) is 0 Å². The van der Waals surface area contributed by atoms with E-state index in [0.29, 0.717) is 0 Å². The van der Waals surface area contributed by atoms with E-state index in [1.165, 1.54) is 11.1 Å². The van der Waals surface area contributed by atoms with Gasteiger partial charge in [-0.25, -0.2) is 0 Å². The van der Waals surface area contributed by atoms with Crippen LogP contribution >= 0.6 is 8.25 Å². The van der Waals surface area contributed by atoms with Crippen LogP contribution in [0.25, 0.3) is 0 Å². The van der Waals surface area contributed by atoms with Crippen LogP contribution in [0.3, 0.4) is 0 Å². The van der Waals surface area contributed by atoms with Crippen LogP contribution < -0.4 is 21.3 Å². The third-order valence-electron chi connectivity index (χ3n) is 2.24. The van der Waals surface area contributed by atoms with Crippen LogP contribution in [0.2, 0.25) is 0 Å². The fraction of sp³-hybridized carbons (Fsp3) is 0.143. The Bertz CT molecular complexity index is 423. The summed E-state index contributed by atoms with van der Waals surface area (Å²) in [4.78, 5) is 17.0. The molecule has 0 atom stereocenters. The minimum Gasteiger partial charge on any atom is -0.598 e. The van der Waals surface area contributed by atoms with Crippen LogP contribution in [0, 0.1) is 13.8 Å². The van der Waals surface area contributed by atoms with E-state index in [1.54, 1.807) is 0 Å². The molecule has 5 nitrogen and oxygen atoms in total. The lowest BCUT2D eigenvalue weighted by Gasteiger charge is -1.87. The first-order chi connectivity index (χ1) is 9.31. The van der Waals surface area contributed by atoms with Gasteiger partial charge in [-0.3, -0.25) is 0 Å². The zero-order valence-corrected chi connectivity index (χ0v) is 12.6. The molecular formula is C14H20N2O3P+. The van der Waals surface area contributed by atoms with Crippen LogP contribution in [0.15, 0.2) is 48.5 Å². The van der Waals surface area contributed by atoms with Crippen molar-refractivity contribution in [1.82, 2.24) is 0 Å². The van der Waals surface area contributed by atoms with Crippen molar-refractivity contribution in [1.29, 1.82) is 0 Å². The Hall–Kier alpha value is -1.62. The standard InChI is InChI=1S/2C7H9N.HO3P/c2*1-6-2-4-7(8)5-3-6;1-4(2)3/h2*2-5H,8H2,1H3;(H,1,2,3)/p+1. The fourth-order valence-corrected chi connectivity index (χ4v) is 1.18. The number of aryl methyl sites for hydroxylation is 2. The average Bonchev–Trinajstić information content (AvgIpc) is 2.37. The van der Waals surface area contributed by atoms with Crippen LogP contribution in [0.5, 0.6) is 0 Å². The summed E-state index contributed by atoms with van der Waals surface area (Å²) < 4.78 is 8.48. The summed E-state index contributed by atoms with van der Waals surface area (Å²) in [5, 5.41) is 0. The Morgan fingerprint density at radius 2 is 0.950 bits per heavy atom. The maximum Gasteiger partial charge on any atom is 0.276 e. The average molecular weight is 295 g/mol. The van der Waals surface area contributed by atoms with Gasteiger partial charge in [-0.05, 0) is 38.1 Å². The number of benzene rings is 2. The van der Waals surface area contributed by atoms with E-state index in [2.05, 4.69) is 49.6 Å². The van der Waals surface area contributed by atoms with Crippen LogP contribution in [-0.2, 0) is 4.57 Å². The molecule has 6 heteroatoms. The highest BCUT2D eigenvalue weighted by molar-refractivity contribution is 7.27. The largest absolute Gasteiger partial charge is 0.598 e. The molecule has 0 unspecified atom stereocenters. The molecule has 20 heavy (non-hydrogen) atoms. The Balaban J connectivity index is 0.000000289. The molecule has 2 rings (SSSR count). The van der Waals surface area contributed by atoms with Gasteiger partial charge < -0.3 is 21.3 Å². The molecule has 0 bridgehead atoms. The van der Waals surface area contributed by atoms with Crippen LogP contribution in [0.1, 0.15) is 11.1 Å². The summed E-state index contributed by atoms with van der Waals surface area (Å²) in [6, 6.07) is 16.3. The van der Waals surface area contributed by atoms with E-state index in [0.717, 1.165) is 11.4 Å². The van der Waals surface area contributed by atoms with E-state index in [4.69, 9.17) is 14.4 Å². The molecule has 0 saturated heterocycles. The van der Waals surface area contributed by atoms with Gasteiger partial charge in [0.15, 0.2) is 0 Å². The third kappa shape index (κ3) is 11.5. The van der Waals surface area contributed by atoms with Crippen molar-refractivity contribution < 1.29 is 25.8 Å². The minimum atomic E-state index is -3.37. The highest BCUT2D eigenvalue weighted by atomic mass is 31.1. The first-order valence-electron chi connectivity index (χ1n) is 5.90. The van der Waals surface area contributed by atoms with Gasteiger partial charge in [0.1, 0.15) is 11.4 Å². The topological polar surface area (TPSA) is 118 Å². The van der Waals surface area contributed by atoms with Crippen molar-refractivity contribution in [2.24, 2.45) is 0 Å². The lowest BCUT2D eigenvalue weighted by Crippen LogP contribution is -2.39. The predicted octanol–water partition coefficient (Wildman–Crippen LogP) is 0.101. The van der Waals surface area contributed by atoms with E-state index >= 15 is 0 Å². The smallest absolute Gasteiger partial charge is 0.276 e. The molecule has 0 spiro atoms. The van der Waals surface area contributed by atoms with Crippen molar-refractivity contribution in [3.05, 3.63) is 59.7 Å². The minimum absolute atomic E-state index is 1.08. The molecule has 0 heterocycles. The van der Waals surface area contributed by atoms with E-state index in [1.807, 2.05) is 24.3 Å². The molecule has 2 aromatic carbocycles. The van der Waals surface area contributed by atoms with E-state index in [9.17, 15) is 0 Å². The van der Waals surface area contributed by atoms with Crippen LogP contribution in [0.4, 0.5) is 11.4 Å². The second kappa shape index (κ2) is 10.2. The van der Waals surface area contributed by atoms with Gasteiger partial charge >= 0.3 is 0 Å². The van der Waals surface area contributed by atoms with Crippen molar-refractivity contribution in [2.75, 3.05) is 0 Å². The Morgan fingerprint density at radius 3 is 1.10 bits per heavy atom. The van der Waals surface area contributed by atoms with Crippen molar-refractivity contribution in [2.45, 2.75) is 13.8 Å². The maximum absolute atomic E-state index is 8.48. The van der Waals surface area contributed by atoms with Crippen LogP contribution in [-0.4, -0.2) is 0 Å². The summed E-state index contributed by atoms with van der Waals surface area (Å²) in [5.41, 5.74) is 12.3. The molecule has 0 aliphatic rings. The highest BCUT2D eigenvalue weighted by Crippen LogP contribution is 2.01. The van der Waals surface area contributed by atoms with Gasteiger partial charge in [0.2, 0.25) is 0 Å². The number of rotatable bonds is 0. The Morgan fingerprint density at radius 1 is 0.750 bits per heavy atom. The summed E-state index contributed by atoms with van der Waals surface area (Å²) in [7, 11) is -3.37. The highest BCUT2D eigenvalue weighted by Gasteiger charge is 1.84. The zero-order valence-electron chi connectivity index (χ0n) is 11.7. The molecular weight excluding hydrogens is 275 g/mol. The van der Waals surface area contributed by atoms with Gasteiger partial charge in [-0.1, -0.05) is 40.0 Å². The fourth-order valence-electron chi connectivity index (χ4n) is 1.18.